The zero-order chi connectivity index (χ0) is 19.4. The molecule has 11 nitrogen and oxygen atoms in total. The quantitative estimate of drug-likeness (QED) is 0.193. The zero-order valence-corrected chi connectivity index (χ0v) is 14.7. The summed E-state index contributed by atoms with van der Waals surface area (Å²) in [5.41, 5.74) is 0. The number of aliphatic hydroxyl groups is 7. The van der Waals surface area contributed by atoms with E-state index in [-0.39, 0.29) is 6.61 Å². The van der Waals surface area contributed by atoms with Crippen LogP contribution < -0.4 is 0 Å². The second-order valence-electron chi connectivity index (χ2n) is 6.10. The fourth-order valence-electron chi connectivity index (χ4n) is 2.86. The van der Waals surface area contributed by atoms with Crippen molar-refractivity contribution in [1.29, 1.82) is 0 Å². The molecule has 2 aliphatic rings. The van der Waals surface area contributed by atoms with Crippen LogP contribution in [-0.4, -0.2) is 123 Å². The van der Waals surface area contributed by atoms with E-state index < -0.39 is 74.6 Å². The Morgan fingerprint density at radius 3 is 1.88 bits per heavy atom. The molecule has 0 radical (unpaired) electrons. The number of ether oxygens (including phenoxy) is 4. The minimum Gasteiger partial charge on any atom is -0.394 e. The van der Waals surface area contributed by atoms with E-state index >= 15 is 0 Å². The molecule has 7 N–H and O–H groups in total. The van der Waals surface area contributed by atoms with Gasteiger partial charge in [0.1, 0.15) is 48.8 Å². The Hall–Kier alpha value is -0.0900. The summed E-state index contributed by atoms with van der Waals surface area (Å²) in [6, 6.07) is 0. The monoisotopic (exact) mass is 402 g/mol. The molecule has 0 aliphatic carbocycles. The number of hydrogen-bond acceptors (Lipinski definition) is 12. The lowest BCUT2D eigenvalue weighted by Gasteiger charge is -2.45. The Morgan fingerprint density at radius 2 is 1.31 bits per heavy atom. The van der Waals surface area contributed by atoms with E-state index in [4.69, 9.17) is 18.9 Å². The van der Waals surface area contributed by atoms with Crippen molar-refractivity contribution in [3.8, 4) is 0 Å². The highest BCUT2D eigenvalue weighted by Crippen LogP contribution is 2.29. The first kappa shape index (κ1) is 22.2. The molecule has 0 spiro atoms. The van der Waals surface area contributed by atoms with Gasteiger partial charge in [0, 0.05) is 5.75 Å². The van der Waals surface area contributed by atoms with Crippen LogP contribution in [0.5, 0.6) is 0 Å². The van der Waals surface area contributed by atoms with Gasteiger partial charge in [0.25, 0.3) is 0 Å². The van der Waals surface area contributed by atoms with Crippen LogP contribution in [0.3, 0.4) is 0 Å². The highest BCUT2D eigenvalue weighted by atomic mass is 32.1. The first-order chi connectivity index (χ1) is 12.3. The molecular formula is C14H26O11S. The normalized spacial score (nSPS) is 47.1. The van der Waals surface area contributed by atoms with Crippen molar-refractivity contribution in [2.24, 2.45) is 0 Å². The molecule has 2 rings (SSSR count). The summed E-state index contributed by atoms with van der Waals surface area (Å²) >= 11 is 3.97. The molecule has 0 bridgehead atoms. The first-order valence-corrected chi connectivity index (χ1v) is 8.79. The van der Waals surface area contributed by atoms with E-state index in [9.17, 15) is 35.7 Å². The maximum atomic E-state index is 10.4. The summed E-state index contributed by atoms with van der Waals surface area (Å²) in [5, 5.41) is 68.8. The van der Waals surface area contributed by atoms with Gasteiger partial charge >= 0.3 is 0 Å². The van der Waals surface area contributed by atoms with E-state index in [1.807, 2.05) is 0 Å². The molecule has 0 aromatic rings. The van der Waals surface area contributed by atoms with Crippen molar-refractivity contribution in [2.75, 3.05) is 25.6 Å². The van der Waals surface area contributed by atoms with Crippen LogP contribution in [0.1, 0.15) is 0 Å². The standard InChI is InChI=1S/C14H26O11S/c15-3-5-7(17)9(19)10(20)14(24-5)25-12-8(18)6(4-16)23-13(11(12)21)22-1-2-26/h5-21,26H,1-4H2/t5?,6?,7-,8-,9-,10?,11?,12-,13+,14+/m0/s1. The largest absolute Gasteiger partial charge is 0.394 e. The topological polar surface area (TPSA) is 179 Å². The zero-order valence-electron chi connectivity index (χ0n) is 13.8. The summed E-state index contributed by atoms with van der Waals surface area (Å²) in [7, 11) is 0. The van der Waals surface area contributed by atoms with E-state index in [0.717, 1.165) is 0 Å². The molecular weight excluding hydrogens is 376 g/mol. The van der Waals surface area contributed by atoms with Crippen molar-refractivity contribution in [3.63, 3.8) is 0 Å². The van der Waals surface area contributed by atoms with Crippen LogP contribution in [0.25, 0.3) is 0 Å². The van der Waals surface area contributed by atoms with Crippen molar-refractivity contribution in [2.45, 2.75) is 61.4 Å². The van der Waals surface area contributed by atoms with Gasteiger partial charge in [-0.05, 0) is 0 Å². The van der Waals surface area contributed by atoms with E-state index in [2.05, 4.69) is 12.6 Å². The molecule has 2 heterocycles. The van der Waals surface area contributed by atoms with E-state index in [1.165, 1.54) is 0 Å². The first-order valence-electron chi connectivity index (χ1n) is 8.16. The molecule has 0 aromatic carbocycles. The predicted octanol–water partition coefficient (Wildman–Crippen LogP) is -4.44. The van der Waals surface area contributed by atoms with Gasteiger partial charge < -0.3 is 54.7 Å². The fraction of sp³-hybridized carbons (Fsp3) is 1.00. The molecule has 0 saturated carbocycles. The molecule has 2 saturated heterocycles. The molecule has 12 heteroatoms. The van der Waals surface area contributed by atoms with Gasteiger partial charge in [0.15, 0.2) is 12.6 Å². The Labute approximate surface area is 155 Å². The van der Waals surface area contributed by atoms with Gasteiger partial charge in [-0.3, -0.25) is 0 Å². The predicted molar refractivity (Wildman–Crippen MR) is 86.2 cm³/mol. The van der Waals surface area contributed by atoms with Crippen LogP contribution in [0.15, 0.2) is 0 Å². The molecule has 0 aromatic heterocycles. The Morgan fingerprint density at radius 1 is 0.731 bits per heavy atom. The maximum Gasteiger partial charge on any atom is 0.187 e. The molecule has 154 valence electrons. The van der Waals surface area contributed by atoms with Crippen LogP contribution in [0.2, 0.25) is 0 Å². The highest BCUT2D eigenvalue weighted by molar-refractivity contribution is 7.80. The highest BCUT2D eigenvalue weighted by Gasteiger charge is 2.50. The van der Waals surface area contributed by atoms with Crippen LogP contribution >= 0.6 is 12.6 Å². The SMILES string of the molecule is OCC1O[C@H](O[C@@H]2C(O)[C@H](OCCS)OC(CO)[C@@H]2O)C(O)[C@@H](O)[C@H]1O. The summed E-state index contributed by atoms with van der Waals surface area (Å²) in [6.45, 7) is -1.13. The Kier molecular flexibility index (Phi) is 8.46. The van der Waals surface area contributed by atoms with Gasteiger partial charge in [-0.25, -0.2) is 0 Å². The lowest BCUT2D eigenvalue weighted by Crippen LogP contribution is -2.64. The van der Waals surface area contributed by atoms with E-state index in [0.29, 0.717) is 5.75 Å². The summed E-state index contributed by atoms with van der Waals surface area (Å²) < 4.78 is 21.2. The Bertz CT molecular complexity index is 428. The third kappa shape index (κ3) is 4.66. The average Bonchev–Trinajstić information content (AvgIpc) is 2.64. The van der Waals surface area contributed by atoms with Gasteiger partial charge in [0.2, 0.25) is 0 Å². The van der Waals surface area contributed by atoms with Gasteiger partial charge in [-0.2, -0.15) is 12.6 Å². The lowest BCUT2D eigenvalue weighted by atomic mass is 9.97. The maximum absolute atomic E-state index is 10.4. The molecule has 2 aliphatic heterocycles. The minimum absolute atomic E-state index is 0.117. The summed E-state index contributed by atoms with van der Waals surface area (Å²) in [6.07, 6.45) is -14.5. The van der Waals surface area contributed by atoms with Crippen molar-refractivity contribution >= 4 is 12.6 Å². The molecule has 26 heavy (non-hydrogen) atoms. The molecule has 0 amide bonds. The van der Waals surface area contributed by atoms with E-state index in [1.54, 1.807) is 0 Å². The second kappa shape index (κ2) is 9.91. The van der Waals surface area contributed by atoms with Gasteiger partial charge in [-0.1, -0.05) is 0 Å². The smallest absolute Gasteiger partial charge is 0.187 e. The number of aliphatic hydroxyl groups excluding tert-OH is 7. The lowest BCUT2D eigenvalue weighted by molar-refractivity contribution is -0.359. The summed E-state index contributed by atoms with van der Waals surface area (Å²) in [4.78, 5) is 0. The third-order valence-corrected chi connectivity index (χ3v) is 4.52. The number of rotatable bonds is 7. The fourth-order valence-corrected chi connectivity index (χ4v) is 2.96. The average molecular weight is 402 g/mol. The molecule has 2 fully saturated rings. The van der Waals surface area contributed by atoms with Crippen LogP contribution in [0.4, 0.5) is 0 Å². The number of thiol groups is 1. The van der Waals surface area contributed by atoms with Crippen LogP contribution in [-0.2, 0) is 18.9 Å². The summed E-state index contributed by atoms with van der Waals surface area (Å²) in [5.74, 6) is 0.331. The van der Waals surface area contributed by atoms with Crippen molar-refractivity contribution in [3.05, 3.63) is 0 Å². The van der Waals surface area contributed by atoms with Gasteiger partial charge in [-0.15, -0.1) is 0 Å². The third-order valence-electron chi connectivity index (χ3n) is 4.33. The van der Waals surface area contributed by atoms with Crippen molar-refractivity contribution < 1.29 is 54.7 Å². The number of hydrogen-bond donors (Lipinski definition) is 8. The van der Waals surface area contributed by atoms with Crippen molar-refractivity contribution in [1.82, 2.24) is 0 Å². The minimum atomic E-state index is -1.71. The Balaban J connectivity index is 2.13. The molecule has 4 unspecified atom stereocenters. The van der Waals surface area contributed by atoms with Gasteiger partial charge in [0.05, 0.1) is 19.8 Å². The van der Waals surface area contributed by atoms with Crippen LogP contribution in [0, 0.1) is 0 Å². The second-order valence-corrected chi connectivity index (χ2v) is 6.55. The molecule has 10 atom stereocenters.